The van der Waals surface area contributed by atoms with Crippen LogP contribution in [0.5, 0.6) is 0 Å². The van der Waals surface area contributed by atoms with E-state index < -0.39 is 15.3 Å². The highest BCUT2D eigenvalue weighted by atomic mass is 32.2. The Morgan fingerprint density at radius 3 is 2.50 bits per heavy atom. The third kappa shape index (κ3) is 4.15. The molecule has 28 heavy (non-hydrogen) atoms. The highest BCUT2D eigenvalue weighted by molar-refractivity contribution is 8.00. The van der Waals surface area contributed by atoms with Gasteiger partial charge in [0, 0.05) is 28.6 Å². The lowest BCUT2D eigenvalue weighted by molar-refractivity contribution is -0.0328. The molecule has 0 N–H and O–H groups in total. The Bertz CT molecular complexity index is 1140. The maximum absolute atomic E-state index is 12.7. The van der Waals surface area contributed by atoms with E-state index in [-0.39, 0.29) is 32.9 Å². The predicted octanol–water partition coefficient (Wildman–Crippen LogP) is 4.76. The Morgan fingerprint density at radius 2 is 1.89 bits per heavy atom. The van der Waals surface area contributed by atoms with Crippen molar-refractivity contribution in [1.29, 1.82) is 0 Å². The van der Waals surface area contributed by atoms with Gasteiger partial charge in [-0.1, -0.05) is 6.92 Å². The van der Waals surface area contributed by atoms with E-state index in [9.17, 15) is 21.6 Å². The second-order valence-corrected chi connectivity index (χ2v) is 10.1. The van der Waals surface area contributed by atoms with Crippen LogP contribution in [0.2, 0.25) is 0 Å². The summed E-state index contributed by atoms with van der Waals surface area (Å²) in [5.41, 5.74) is -3.12. The first-order chi connectivity index (χ1) is 13.1. The molecule has 0 amide bonds. The summed E-state index contributed by atoms with van der Waals surface area (Å²) >= 11 is 1.15. The minimum absolute atomic E-state index is 0.173. The van der Waals surface area contributed by atoms with Gasteiger partial charge in [-0.05, 0) is 42.3 Å². The van der Waals surface area contributed by atoms with Crippen LogP contribution in [0.15, 0.2) is 45.1 Å². The maximum atomic E-state index is 12.7. The van der Waals surface area contributed by atoms with Gasteiger partial charge >= 0.3 is 5.51 Å². The van der Waals surface area contributed by atoms with Crippen molar-refractivity contribution >= 4 is 44.5 Å². The summed E-state index contributed by atoms with van der Waals surface area (Å²) in [6, 6.07) is 5.51. The number of hydrogen-bond donors (Lipinski definition) is 0. The second kappa shape index (κ2) is 7.60. The fourth-order valence-corrected chi connectivity index (χ4v) is 4.86. The number of rotatable bonds is 5. The average Bonchev–Trinajstić information content (AvgIpc) is 2.96. The molecule has 0 aliphatic carbocycles. The Hall–Kier alpha value is -1.72. The van der Waals surface area contributed by atoms with Gasteiger partial charge in [0.25, 0.3) is 0 Å². The van der Waals surface area contributed by atoms with Gasteiger partial charge in [-0.15, -0.1) is 11.8 Å². The largest absolute Gasteiger partial charge is 0.446 e. The smallest absolute Gasteiger partial charge is 0.312 e. The van der Waals surface area contributed by atoms with Crippen LogP contribution in [0.1, 0.15) is 6.92 Å². The lowest BCUT2D eigenvalue weighted by Gasteiger charge is -2.12. The van der Waals surface area contributed by atoms with Crippen LogP contribution in [0.3, 0.4) is 0 Å². The number of imidazole rings is 1. The lowest BCUT2D eigenvalue weighted by atomic mass is 10.2. The van der Waals surface area contributed by atoms with E-state index in [2.05, 4.69) is 9.97 Å². The SMILES string of the molecule is CCS(=O)(=O)c1cc(SC(F)(F)F)ccc1-c1nc2cc(SC)cnc2n1C. The van der Waals surface area contributed by atoms with Gasteiger partial charge in [0.05, 0.1) is 10.6 Å². The zero-order chi connectivity index (χ0) is 20.7. The fourth-order valence-electron chi connectivity index (χ4n) is 2.71. The van der Waals surface area contributed by atoms with Crippen LogP contribution in [-0.4, -0.2) is 40.5 Å². The van der Waals surface area contributed by atoms with Crippen molar-refractivity contribution in [1.82, 2.24) is 14.5 Å². The molecule has 0 bridgehead atoms. The molecule has 3 aromatic rings. The van der Waals surface area contributed by atoms with Crippen molar-refractivity contribution in [2.24, 2.45) is 7.05 Å². The van der Waals surface area contributed by atoms with Crippen LogP contribution in [0.4, 0.5) is 13.2 Å². The standard InChI is InChI=1S/C17H16F3N3O2S3/c1-4-28(24,25)14-8-10(27-17(18,19)20)5-6-12(14)15-22-13-7-11(26-3)9-21-16(13)23(15)2/h5-9H,4H2,1-3H3. The molecule has 0 aliphatic rings. The molecular weight excluding hydrogens is 431 g/mol. The maximum Gasteiger partial charge on any atom is 0.446 e. The van der Waals surface area contributed by atoms with Gasteiger partial charge in [-0.2, -0.15) is 13.2 Å². The van der Waals surface area contributed by atoms with Gasteiger partial charge in [0.1, 0.15) is 11.3 Å². The van der Waals surface area contributed by atoms with Crippen LogP contribution >= 0.6 is 23.5 Å². The van der Waals surface area contributed by atoms with Crippen molar-refractivity contribution in [3.8, 4) is 11.4 Å². The van der Waals surface area contributed by atoms with Crippen molar-refractivity contribution in [2.45, 2.75) is 27.1 Å². The number of hydrogen-bond acceptors (Lipinski definition) is 6. The van der Waals surface area contributed by atoms with Gasteiger partial charge in [0.15, 0.2) is 15.5 Å². The molecule has 3 rings (SSSR count). The molecule has 5 nitrogen and oxygen atoms in total. The second-order valence-electron chi connectivity index (χ2n) is 5.82. The summed E-state index contributed by atoms with van der Waals surface area (Å²) in [6.45, 7) is 1.45. The van der Waals surface area contributed by atoms with E-state index in [4.69, 9.17) is 0 Å². The minimum Gasteiger partial charge on any atom is -0.312 e. The summed E-state index contributed by atoms with van der Waals surface area (Å²) in [5, 5.41) is 0. The molecular formula is C17H16F3N3O2S3. The zero-order valence-corrected chi connectivity index (χ0v) is 17.6. The lowest BCUT2D eigenvalue weighted by Crippen LogP contribution is -2.08. The van der Waals surface area contributed by atoms with Crippen LogP contribution in [0.25, 0.3) is 22.6 Å². The van der Waals surface area contributed by atoms with Crippen molar-refractivity contribution in [3.63, 3.8) is 0 Å². The zero-order valence-electron chi connectivity index (χ0n) is 15.1. The highest BCUT2D eigenvalue weighted by Crippen LogP contribution is 2.40. The van der Waals surface area contributed by atoms with Crippen molar-refractivity contribution < 1.29 is 21.6 Å². The third-order valence-electron chi connectivity index (χ3n) is 4.06. The highest BCUT2D eigenvalue weighted by Gasteiger charge is 2.31. The number of benzene rings is 1. The molecule has 0 unspecified atom stereocenters. The number of halogens is 3. The first kappa shape index (κ1) is 21.0. The summed E-state index contributed by atoms with van der Waals surface area (Å²) in [5.74, 6) is 0.0928. The number of aryl methyl sites for hydroxylation is 1. The van der Waals surface area contributed by atoms with E-state index >= 15 is 0 Å². The molecule has 0 aliphatic heterocycles. The van der Waals surface area contributed by atoms with Crippen LogP contribution in [-0.2, 0) is 16.9 Å². The molecule has 0 saturated heterocycles. The Labute approximate surface area is 168 Å². The van der Waals surface area contributed by atoms with Crippen LogP contribution < -0.4 is 0 Å². The number of thioether (sulfide) groups is 2. The summed E-state index contributed by atoms with van der Waals surface area (Å²) < 4.78 is 65.0. The monoisotopic (exact) mass is 447 g/mol. The summed E-state index contributed by atoms with van der Waals surface area (Å²) in [7, 11) is -2.09. The number of sulfone groups is 1. The van der Waals surface area contributed by atoms with E-state index in [0.29, 0.717) is 17.0 Å². The van der Waals surface area contributed by atoms with Gasteiger partial charge in [-0.25, -0.2) is 18.4 Å². The molecule has 2 aromatic heterocycles. The molecule has 150 valence electrons. The first-order valence-electron chi connectivity index (χ1n) is 8.05. The Morgan fingerprint density at radius 1 is 1.18 bits per heavy atom. The number of aromatic nitrogens is 3. The molecule has 0 saturated carbocycles. The molecule has 1 aromatic carbocycles. The number of nitrogens with zero attached hydrogens (tertiary/aromatic N) is 3. The van der Waals surface area contributed by atoms with E-state index in [0.717, 1.165) is 11.0 Å². The van der Waals surface area contributed by atoms with Gasteiger partial charge in [0.2, 0.25) is 0 Å². The summed E-state index contributed by atoms with van der Waals surface area (Å²) in [6.07, 6.45) is 3.58. The Balaban J connectivity index is 2.23. The molecule has 0 fully saturated rings. The minimum atomic E-state index is -4.51. The normalized spacial score (nSPS) is 12.6. The van der Waals surface area contributed by atoms with Crippen molar-refractivity contribution in [2.75, 3.05) is 12.0 Å². The quantitative estimate of drug-likeness (QED) is 0.526. The first-order valence-corrected chi connectivity index (χ1v) is 11.7. The topological polar surface area (TPSA) is 64.8 Å². The molecule has 2 heterocycles. The molecule has 0 radical (unpaired) electrons. The fraction of sp³-hybridized carbons (Fsp3) is 0.294. The van der Waals surface area contributed by atoms with Crippen LogP contribution in [0, 0.1) is 0 Å². The third-order valence-corrected chi connectivity index (χ3v) is 7.25. The predicted molar refractivity (Wildman–Crippen MR) is 105 cm³/mol. The van der Waals surface area contributed by atoms with Crippen molar-refractivity contribution in [3.05, 3.63) is 30.5 Å². The molecule has 0 spiro atoms. The van der Waals surface area contributed by atoms with E-state index in [1.807, 2.05) is 12.3 Å². The summed E-state index contributed by atoms with van der Waals surface area (Å²) in [4.78, 5) is 9.39. The Kier molecular flexibility index (Phi) is 5.70. The van der Waals surface area contributed by atoms with E-state index in [1.165, 1.54) is 30.8 Å². The molecule has 11 heteroatoms. The van der Waals surface area contributed by atoms with Gasteiger partial charge < -0.3 is 4.57 Å². The molecule has 0 atom stereocenters. The number of fused-ring (bicyclic) bond motifs is 1. The average molecular weight is 448 g/mol. The van der Waals surface area contributed by atoms with E-state index in [1.54, 1.807) is 17.8 Å². The number of pyridine rings is 1. The number of alkyl halides is 3. The van der Waals surface area contributed by atoms with Gasteiger partial charge in [-0.3, -0.25) is 0 Å².